The minimum absolute atomic E-state index is 0.00543. The van der Waals surface area contributed by atoms with Crippen LogP contribution in [0.15, 0.2) is 36.8 Å². The number of alkyl halides is 3. The molecule has 0 fully saturated rings. The van der Waals surface area contributed by atoms with Crippen molar-refractivity contribution in [3.63, 3.8) is 0 Å². The molecule has 0 aliphatic rings. The first kappa shape index (κ1) is 16.8. The van der Waals surface area contributed by atoms with Crippen LogP contribution in [0.2, 0.25) is 0 Å². The predicted octanol–water partition coefficient (Wildman–Crippen LogP) is 2.10. The van der Waals surface area contributed by atoms with Crippen LogP contribution in [-0.4, -0.2) is 33.5 Å². The van der Waals surface area contributed by atoms with E-state index in [0.717, 1.165) is 0 Å². The molecule has 1 N–H and O–H groups in total. The number of pyridine rings is 1. The van der Waals surface area contributed by atoms with E-state index in [1.54, 1.807) is 31.5 Å². The van der Waals surface area contributed by atoms with Crippen LogP contribution in [0.5, 0.6) is 5.88 Å². The molecule has 0 aliphatic heterocycles. The quantitative estimate of drug-likeness (QED) is 0.882. The van der Waals surface area contributed by atoms with Gasteiger partial charge in [-0.3, -0.25) is 9.48 Å². The van der Waals surface area contributed by atoms with Crippen LogP contribution in [0.4, 0.5) is 13.2 Å². The highest BCUT2D eigenvalue weighted by Gasteiger charge is 2.29. The number of nitrogens with zero attached hydrogens (tertiary/aromatic N) is 3. The summed E-state index contributed by atoms with van der Waals surface area (Å²) in [5.41, 5.74) is 0.359. The molecule has 23 heavy (non-hydrogen) atoms. The van der Waals surface area contributed by atoms with E-state index in [-0.39, 0.29) is 18.3 Å². The second-order valence-electron chi connectivity index (χ2n) is 4.75. The minimum atomic E-state index is -4.45. The van der Waals surface area contributed by atoms with E-state index in [2.05, 4.69) is 20.1 Å². The van der Waals surface area contributed by atoms with Crippen LogP contribution in [0.3, 0.4) is 0 Å². The Morgan fingerprint density at radius 1 is 1.39 bits per heavy atom. The van der Waals surface area contributed by atoms with Crippen LogP contribution in [0.1, 0.15) is 18.5 Å². The van der Waals surface area contributed by atoms with Crippen molar-refractivity contribution in [3.05, 3.63) is 42.4 Å². The molecule has 0 bridgehead atoms. The van der Waals surface area contributed by atoms with Crippen molar-refractivity contribution in [2.24, 2.45) is 0 Å². The normalized spacial score (nSPS) is 12.7. The summed E-state index contributed by atoms with van der Waals surface area (Å²) in [7, 11) is 0. The average molecular weight is 328 g/mol. The van der Waals surface area contributed by atoms with Gasteiger partial charge in [0, 0.05) is 30.7 Å². The lowest BCUT2D eigenvalue weighted by Gasteiger charge is -2.15. The molecule has 9 heteroatoms. The van der Waals surface area contributed by atoms with E-state index in [0.29, 0.717) is 5.56 Å². The summed E-state index contributed by atoms with van der Waals surface area (Å²) < 4.78 is 42.8. The molecular formula is C14H15F3N4O2. The van der Waals surface area contributed by atoms with Gasteiger partial charge in [-0.2, -0.15) is 18.3 Å². The molecule has 6 nitrogen and oxygen atoms in total. The van der Waals surface area contributed by atoms with Crippen molar-refractivity contribution in [2.75, 3.05) is 6.61 Å². The van der Waals surface area contributed by atoms with Gasteiger partial charge in [-0.15, -0.1) is 0 Å². The van der Waals surface area contributed by atoms with E-state index in [4.69, 9.17) is 0 Å². The molecule has 124 valence electrons. The Hall–Kier alpha value is -2.58. The molecule has 1 amide bonds. The van der Waals surface area contributed by atoms with Gasteiger partial charge < -0.3 is 10.1 Å². The maximum atomic E-state index is 12.2. The molecular weight excluding hydrogens is 313 g/mol. The maximum absolute atomic E-state index is 12.2. The zero-order valence-electron chi connectivity index (χ0n) is 12.2. The number of aromatic nitrogens is 3. The SMILES string of the molecule is CC(C(=O)NCc1cccnc1OCC(F)(F)F)n1cccn1. The van der Waals surface area contributed by atoms with Gasteiger partial charge in [0.15, 0.2) is 6.61 Å². The fourth-order valence-corrected chi connectivity index (χ4v) is 1.80. The Labute approximate surface area is 130 Å². The molecule has 0 radical (unpaired) electrons. The van der Waals surface area contributed by atoms with Gasteiger partial charge in [-0.1, -0.05) is 6.07 Å². The van der Waals surface area contributed by atoms with Crippen LogP contribution >= 0.6 is 0 Å². The largest absolute Gasteiger partial charge is 0.468 e. The highest BCUT2D eigenvalue weighted by molar-refractivity contribution is 5.79. The van der Waals surface area contributed by atoms with Crippen LogP contribution in [-0.2, 0) is 11.3 Å². The first-order chi connectivity index (χ1) is 10.9. The molecule has 0 aliphatic carbocycles. The lowest BCUT2D eigenvalue weighted by Crippen LogP contribution is -2.31. The molecule has 0 saturated heterocycles. The van der Waals surface area contributed by atoms with Gasteiger partial charge in [0.25, 0.3) is 0 Å². The number of ether oxygens (including phenoxy) is 1. The molecule has 0 spiro atoms. The molecule has 2 rings (SSSR count). The molecule has 0 aromatic carbocycles. The Morgan fingerprint density at radius 2 is 2.17 bits per heavy atom. The molecule has 1 atom stereocenters. The van der Waals surface area contributed by atoms with E-state index >= 15 is 0 Å². The summed E-state index contributed by atoms with van der Waals surface area (Å²) in [6.07, 6.45) is 0.0657. The fourth-order valence-electron chi connectivity index (χ4n) is 1.80. The standard InChI is InChI=1S/C14H15F3N4O2/c1-10(21-7-3-6-20-21)12(22)19-8-11-4-2-5-18-13(11)23-9-14(15,16)17/h2-7,10H,8-9H2,1H3,(H,19,22). The summed E-state index contributed by atoms with van der Waals surface area (Å²) in [4.78, 5) is 15.8. The third-order valence-corrected chi connectivity index (χ3v) is 2.98. The van der Waals surface area contributed by atoms with Crippen molar-refractivity contribution in [3.8, 4) is 5.88 Å². The van der Waals surface area contributed by atoms with Gasteiger partial charge in [0.2, 0.25) is 11.8 Å². The van der Waals surface area contributed by atoms with E-state index in [1.165, 1.54) is 16.9 Å². The monoisotopic (exact) mass is 328 g/mol. The number of amides is 1. The summed E-state index contributed by atoms with van der Waals surface area (Å²) in [5.74, 6) is -0.476. The average Bonchev–Trinajstić information content (AvgIpc) is 3.04. The number of rotatable bonds is 6. The first-order valence-electron chi connectivity index (χ1n) is 6.77. The first-order valence-corrected chi connectivity index (χ1v) is 6.77. The number of carbonyl (C=O) groups is 1. The van der Waals surface area contributed by atoms with Gasteiger partial charge in [0.1, 0.15) is 6.04 Å². The highest BCUT2D eigenvalue weighted by atomic mass is 19.4. The van der Waals surface area contributed by atoms with Gasteiger partial charge in [-0.25, -0.2) is 4.98 Å². The van der Waals surface area contributed by atoms with Crippen molar-refractivity contribution < 1.29 is 22.7 Å². The minimum Gasteiger partial charge on any atom is -0.468 e. The Kier molecular flexibility index (Phi) is 5.20. The second kappa shape index (κ2) is 7.12. The number of nitrogens with one attached hydrogen (secondary N) is 1. The summed E-state index contributed by atoms with van der Waals surface area (Å²) in [5, 5.41) is 6.58. The fraction of sp³-hybridized carbons (Fsp3) is 0.357. The van der Waals surface area contributed by atoms with Crippen LogP contribution in [0.25, 0.3) is 0 Å². The lowest BCUT2D eigenvalue weighted by atomic mass is 10.2. The van der Waals surface area contributed by atoms with E-state index < -0.39 is 18.8 Å². The summed E-state index contributed by atoms with van der Waals surface area (Å²) in [6.45, 7) is 0.229. The van der Waals surface area contributed by atoms with E-state index in [1.807, 2.05) is 0 Å². The summed E-state index contributed by atoms with van der Waals surface area (Å²) >= 11 is 0. The Balaban J connectivity index is 1.96. The van der Waals surface area contributed by atoms with E-state index in [9.17, 15) is 18.0 Å². The predicted molar refractivity (Wildman–Crippen MR) is 74.6 cm³/mol. The molecule has 2 heterocycles. The third kappa shape index (κ3) is 4.97. The molecule has 2 aromatic rings. The highest BCUT2D eigenvalue weighted by Crippen LogP contribution is 2.20. The Bertz CT molecular complexity index is 644. The van der Waals surface area contributed by atoms with Gasteiger partial charge in [0.05, 0.1) is 0 Å². The van der Waals surface area contributed by atoms with Gasteiger partial charge >= 0.3 is 6.18 Å². The second-order valence-corrected chi connectivity index (χ2v) is 4.75. The molecule has 0 saturated carbocycles. The number of hydrogen-bond donors (Lipinski definition) is 1. The van der Waals surface area contributed by atoms with Crippen molar-refractivity contribution in [1.82, 2.24) is 20.1 Å². The number of halogens is 3. The van der Waals surface area contributed by atoms with Crippen molar-refractivity contribution in [1.29, 1.82) is 0 Å². The van der Waals surface area contributed by atoms with Crippen LogP contribution < -0.4 is 10.1 Å². The molecule has 1 unspecified atom stereocenters. The zero-order chi connectivity index (χ0) is 16.9. The van der Waals surface area contributed by atoms with Crippen molar-refractivity contribution in [2.45, 2.75) is 25.7 Å². The molecule has 2 aromatic heterocycles. The number of carbonyl (C=O) groups excluding carboxylic acids is 1. The maximum Gasteiger partial charge on any atom is 0.422 e. The number of hydrogen-bond acceptors (Lipinski definition) is 4. The third-order valence-electron chi connectivity index (χ3n) is 2.98. The van der Waals surface area contributed by atoms with Crippen molar-refractivity contribution >= 4 is 5.91 Å². The smallest absolute Gasteiger partial charge is 0.422 e. The topological polar surface area (TPSA) is 69.0 Å². The zero-order valence-corrected chi connectivity index (χ0v) is 12.2. The summed E-state index contributed by atoms with van der Waals surface area (Å²) in [6, 6.07) is 4.24. The Morgan fingerprint density at radius 3 is 2.83 bits per heavy atom. The van der Waals surface area contributed by atoms with Crippen LogP contribution in [0, 0.1) is 0 Å². The lowest BCUT2D eigenvalue weighted by molar-refractivity contribution is -0.154. The van der Waals surface area contributed by atoms with Gasteiger partial charge in [-0.05, 0) is 19.1 Å².